The van der Waals surface area contributed by atoms with E-state index in [1.54, 1.807) is 18.2 Å². The van der Waals surface area contributed by atoms with Crippen LogP contribution in [0.15, 0.2) is 36.4 Å². The molecule has 2 aliphatic heterocycles. The van der Waals surface area contributed by atoms with Crippen LogP contribution in [0.4, 0.5) is 14.9 Å². The molecule has 158 valence electrons. The molecule has 2 aliphatic rings. The molecule has 0 aromatic heterocycles. The molecule has 0 aliphatic carbocycles. The van der Waals surface area contributed by atoms with E-state index in [0.29, 0.717) is 13.1 Å². The molecule has 0 saturated carbocycles. The first-order valence-corrected chi connectivity index (χ1v) is 9.69. The smallest absolute Gasteiger partial charge is 0.319 e. The molecular formula is C20H27FN4O4. The summed E-state index contributed by atoms with van der Waals surface area (Å²) in [7, 11) is 2.02. The summed E-state index contributed by atoms with van der Waals surface area (Å²) in [5.74, 6) is -0.535. The molecule has 0 radical (unpaired) electrons. The van der Waals surface area contributed by atoms with Crippen molar-refractivity contribution >= 4 is 17.6 Å². The number of piperazine rings is 1. The van der Waals surface area contributed by atoms with Crippen LogP contribution in [0.1, 0.15) is 6.42 Å². The van der Waals surface area contributed by atoms with Gasteiger partial charge in [0.2, 0.25) is 5.91 Å². The van der Waals surface area contributed by atoms with Crippen molar-refractivity contribution in [2.75, 3.05) is 45.2 Å². The normalized spacial score (nSPS) is 24.9. The molecular weight excluding hydrogens is 379 g/mol. The van der Waals surface area contributed by atoms with E-state index in [1.807, 2.05) is 11.9 Å². The highest BCUT2D eigenvalue weighted by Gasteiger charge is 2.30. The molecule has 3 amide bonds. The number of halogens is 1. The number of para-hydroxylation sites is 1. The summed E-state index contributed by atoms with van der Waals surface area (Å²) >= 11 is 0. The maximum absolute atomic E-state index is 13.7. The number of aliphatic hydroxyl groups excluding tert-OH is 1. The Morgan fingerprint density at radius 2 is 1.93 bits per heavy atom. The van der Waals surface area contributed by atoms with Crippen molar-refractivity contribution in [2.45, 2.75) is 24.7 Å². The van der Waals surface area contributed by atoms with Crippen LogP contribution < -0.4 is 10.6 Å². The van der Waals surface area contributed by atoms with Crippen LogP contribution in [0, 0.1) is 5.82 Å². The number of ether oxygens (including phenoxy) is 1. The van der Waals surface area contributed by atoms with Crippen LogP contribution in [0.2, 0.25) is 0 Å². The SMILES string of the molecule is CN1CCN(C(=O)C[C@H]2C=C[C@@H](NC(=O)Nc3ccccc3F)[C@@H](CO)O2)CC1. The second-order valence-electron chi connectivity index (χ2n) is 7.27. The lowest BCUT2D eigenvalue weighted by molar-refractivity contribution is -0.137. The zero-order chi connectivity index (χ0) is 20.8. The van der Waals surface area contributed by atoms with Crippen molar-refractivity contribution in [3.8, 4) is 0 Å². The van der Waals surface area contributed by atoms with Crippen molar-refractivity contribution in [3.05, 3.63) is 42.2 Å². The van der Waals surface area contributed by atoms with Crippen LogP contribution in [0.5, 0.6) is 0 Å². The summed E-state index contributed by atoms with van der Waals surface area (Å²) in [6.45, 7) is 2.74. The molecule has 3 atom stereocenters. The second kappa shape index (κ2) is 9.82. The molecule has 1 saturated heterocycles. The number of rotatable bonds is 5. The average Bonchev–Trinajstić information content (AvgIpc) is 2.71. The van der Waals surface area contributed by atoms with Gasteiger partial charge in [-0.2, -0.15) is 0 Å². The summed E-state index contributed by atoms with van der Waals surface area (Å²) < 4.78 is 19.5. The molecule has 0 bridgehead atoms. The molecule has 9 heteroatoms. The number of hydrogen-bond acceptors (Lipinski definition) is 5. The topological polar surface area (TPSA) is 94.1 Å². The number of carbonyl (C=O) groups excluding carboxylic acids is 2. The second-order valence-corrected chi connectivity index (χ2v) is 7.27. The van der Waals surface area contributed by atoms with E-state index in [-0.39, 0.29) is 24.6 Å². The average molecular weight is 406 g/mol. The van der Waals surface area contributed by atoms with E-state index in [0.717, 1.165) is 13.1 Å². The fraction of sp³-hybridized carbons (Fsp3) is 0.500. The van der Waals surface area contributed by atoms with Gasteiger partial charge in [-0.15, -0.1) is 0 Å². The van der Waals surface area contributed by atoms with Gasteiger partial charge in [0, 0.05) is 26.2 Å². The first-order chi connectivity index (χ1) is 14.0. The van der Waals surface area contributed by atoms with Gasteiger partial charge in [0.25, 0.3) is 0 Å². The lowest BCUT2D eigenvalue weighted by atomic mass is 10.0. The quantitative estimate of drug-likeness (QED) is 0.629. The maximum Gasteiger partial charge on any atom is 0.319 e. The third-order valence-electron chi connectivity index (χ3n) is 5.11. The highest BCUT2D eigenvalue weighted by molar-refractivity contribution is 5.89. The Bertz CT molecular complexity index is 752. The Balaban J connectivity index is 1.53. The van der Waals surface area contributed by atoms with E-state index in [2.05, 4.69) is 15.5 Å². The number of benzene rings is 1. The molecule has 8 nitrogen and oxygen atoms in total. The fourth-order valence-corrected chi connectivity index (χ4v) is 3.37. The van der Waals surface area contributed by atoms with E-state index in [4.69, 9.17) is 4.74 Å². The van der Waals surface area contributed by atoms with Gasteiger partial charge in [-0.3, -0.25) is 4.79 Å². The number of likely N-dealkylation sites (N-methyl/N-ethyl adjacent to an activating group) is 1. The predicted octanol–water partition coefficient (Wildman–Crippen LogP) is 0.796. The Kier molecular flexibility index (Phi) is 7.18. The van der Waals surface area contributed by atoms with Crippen molar-refractivity contribution in [3.63, 3.8) is 0 Å². The monoisotopic (exact) mass is 406 g/mol. The third kappa shape index (κ3) is 5.75. The van der Waals surface area contributed by atoms with Crippen LogP contribution in [0.25, 0.3) is 0 Å². The number of anilines is 1. The minimum atomic E-state index is -0.698. The Morgan fingerprint density at radius 1 is 1.21 bits per heavy atom. The molecule has 29 heavy (non-hydrogen) atoms. The van der Waals surface area contributed by atoms with Crippen LogP contribution in [-0.2, 0) is 9.53 Å². The Labute approximate surface area is 169 Å². The number of nitrogens with one attached hydrogen (secondary N) is 2. The first-order valence-electron chi connectivity index (χ1n) is 9.69. The van der Waals surface area contributed by atoms with E-state index < -0.39 is 30.1 Å². The number of hydrogen-bond donors (Lipinski definition) is 3. The van der Waals surface area contributed by atoms with Gasteiger partial charge in [0.1, 0.15) is 11.9 Å². The number of aliphatic hydroxyl groups is 1. The number of urea groups is 1. The van der Waals surface area contributed by atoms with Gasteiger partial charge in [-0.1, -0.05) is 24.3 Å². The third-order valence-corrected chi connectivity index (χ3v) is 5.11. The van der Waals surface area contributed by atoms with Crippen molar-refractivity contribution in [2.24, 2.45) is 0 Å². The summed E-state index contributed by atoms with van der Waals surface area (Å²) in [6.07, 6.45) is 2.44. The standard InChI is InChI=1S/C20H27FN4O4/c1-24-8-10-25(11-9-24)19(27)12-14-6-7-17(18(13-26)29-14)23-20(28)22-16-5-3-2-4-15(16)21/h2-7,14,17-18,26H,8-13H2,1H3,(H2,22,23,28)/t14-,17-,18-/m1/s1. The number of carbonyl (C=O) groups is 2. The van der Waals surface area contributed by atoms with Crippen molar-refractivity contribution < 1.29 is 23.8 Å². The van der Waals surface area contributed by atoms with E-state index in [9.17, 15) is 19.1 Å². The zero-order valence-corrected chi connectivity index (χ0v) is 16.4. The van der Waals surface area contributed by atoms with Gasteiger partial charge >= 0.3 is 6.03 Å². The summed E-state index contributed by atoms with van der Waals surface area (Å²) in [5.41, 5.74) is 0.0573. The highest BCUT2D eigenvalue weighted by atomic mass is 19.1. The summed E-state index contributed by atoms with van der Waals surface area (Å²) in [4.78, 5) is 28.6. The lowest BCUT2D eigenvalue weighted by Gasteiger charge is -2.35. The molecule has 3 N–H and O–H groups in total. The van der Waals surface area contributed by atoms with E-state index in [1.165, 1.54) is 18.2 Å². The van der Waals surface area contributed by atoms with Crippen LogP contribution in [-0.4, -0.2) is 84.9 Å². The molecule has 0 unspecified atom stereocenters. The maximum atomic E-state index is 13.7. The van der Waals surface area contributed by atoms with Crippen molar-refractivity contribution in [1.82, 2.24) is 15.1 Å². The largest absolute Gasteiger partial charge is 0.394 e. The summed E-state index contributed by atoms with van der Waals surface area (Å²) in [5, 5.41) is 14.7. The minimum absolute atomic E-state index is 0.00754. The molecule has 1 fully saturated rings. The lowest BCUT2D eigenvalue weighted by Crippen LogP contribution is -2.51. The number of amides is 3. The van der Waals surface area contributed by atoms with Gasteiger partial charge in [-0.05, 0) is 19.2 Å². The van der Waals surface area contributed by atoms with Gasteiger partial charge in [-0.25, -0.2) is 9.18 Å². The highest BCUT2D eigenvalue weighted by Crippen LogP contribution is 2.18. The van der Waals surface area contributed by atoms with Crippen LogP contribution in [0.3, 0.4) is 0 Å². The Morgan fingerprint density at radius 3 is 2.62 bits per heavy atom. The number of nitrogens with zero attached hydrogens (tertiary/aromatic N) is 2. The van der Waals surface area contributed by atoms with Gasteiger partial charge < -0.3 is 30.3 Å². The summed E-state index contributed by atoms with van der Waals surface area (Å²) in [6, 6.07) is 4.63. The van der Waals surface area contributed by atoms with Gasteiger partial charge in [0.15, 0.2) is 0 Å². The molecule has 0 spiro atoms. The first kappa shape index (κ1) is 21.2. The van der Waals surface area contributed by atoms with Gasteiger partial charge in [0.05, 0.1) is 30.9 Å². The fourth-order valence-electron chi connectivity index (χ4n) is 3.37. The molecule has 2 heterocycles. The van der Waals surface area contributed by atoms with Crippen molar-refractivity contribution in [1.29, 1.82) is 0 Å². The molecule has 3 rings (SSSR count). The zero-order valence-electron chi connectivity index (χ0n) is 16.4. The van der Waals surface area contributed by atoms with Crippen LogP contribution >= 0.6 is 0 Å². The molecule has 1 aromatic carbocycles. The predicted molar refractivity (Wildman–Crippen MR) is 106 cm³/mol. The minimum Gasteiger partial charge on any atom is -0.394 e. The van der Waals surface area contributed by atoms with E-state index >= 15 is 0 Å². The molecule has 1 aromatic rings. The Hall–Kier alpha value is -2.49.